The van der Waals surface area contributed by atoms with Crippen LogP contribution < -0.4 is 10.6 Å². The fraction of sp³-hybridized carbons (Fsp3) is 0.0625. The Kier molecular flexibility index (Phi) is 4.83. The highest BCUT2D eigenvalue weighted by Gasteiger charge is 2.14. The Morgan fingerprint density at radius 2 is 1.73 bits per heavy atom. The highest BCUT2D eigenvalue weighted by molar-refractivity contribution is 6.39. The van der Waals surface area contributed by atoms with Crippen LogP contribution in [0.5, 0.6) is 0 Å². The number of carbonyl (C=O) groups is 2. The summed E-state index contributed by atoms with van der Waals surface area (Å²) in [6.45, 7) is 0.104. The molecular weight excluding hydrogens is 285 g/mol. The Morgan fingerprint density at radius 3 is 2.41 bits per heavy atom. The third-order valence-corrected chi connectivity index (χ3v) is 2.87. The van der Waals surface area contributed by atoms with Gasteiger partial charge in [-0.15, -0.1) is 0 Å². The van der Waals surface area contributed by atoms with Crippen LogP contribution in [0.1, 0.15) is 11.1 Å². The number of hydrogen-bond donors (Lipinski definition) is 2. The van der Waals surface area contributed by atoms with Gasteiger partial charge in [-0.25, -0.2) is 4.39 Å². The zero-order chi connectivity index (χ0) is 15.9. The van der Waals surface area contributed by atoms with E-state index in [1.54, 1.807) is 12.1 Å². The molecule has 0 aromatic heterocycles. The fourth-order valence-corrected chi connectivity index (χ4v) is 1.73. The number of nitrogens with one attached hydrogen (secondary N) is 2. The quantitative estimate of drug-likeness (QED) is 0.850. The summed E-state index contributed by atoms with van der Waals surface area (Å²) >= 11 is 0. The predicted molar refractivity (Wildman–Crippen MR) is 78.0 cm³/mol. The number of nitrogens with zero attached hydrogens (tertiary/aromatic N) is 1. The number of amides is 2. The molecule has 0 unspecified atom stereocenters. The molecule has 0 heterocycles. The van der Waals surface area contributed by atoms with Gasteiger partial charge < -0.3 is 10.6 Å². The van der Waals surface area contributed by atoms with Gasteiger partial charge in [0.15, 0.2) is 0 Å². The standard InChI is InChI=1S/C16H12FN3O2/c17-13-7-5-11(6-8-13)10-19-15(21)16(22)20-14-4-2-1-3-12(14)9-18/h1-8H,10H2,(H,19,21)(H,20,22). The summed E-state index contributed by atoms with van der Waals surface area (Å²) in [5.74, 6) is -2.08. The first kappa shape index (κ1) is 15.2. The molecule has 0 spiro atoms. The molecule has 6 heteroatoms. The lowest BCUT2D eigenvalue weighted by molar-refractivity contribution is -0.136. The molecule has 0 fully saturated rings. The van der Waals surface area contributed by atoms with Crippen molar-refractivity contribution in [2.24, 2.45) is 0 Å². The predicted octanol–water partition coefficient (Wildman–Crippen LogP) is 1.95. The van der Waals surface area contributed by atoms with E-state index in [4.69, 9.17) is 5.26 Å². The Bertz CT molecular complexity index is 736. The summed E-state index contributed by atoms with van der Waals surface area (Å²) in [6, 6.07) is 13.8. The largest absolute Gasteiger partial charge is 0.344 e. The van der Waals surface area contributed by atoms with E-state index in [0.717, 1.165) is 0 Å². The minimum Gasteiger partial charge on any atom is -0.344 e. The summed E-state index contributed by atoms with van der Waals surface area (Å²) in [4.78, 5) is 23.5. The smallest absolute Gasteiger partial charge is 0.313 e. The molecular formula is C16H12FN3O2. The zero-order valence-corrected chi connectivity index (χ0v) is 11.5. The second-order valence-electron chi connectivity index (χ2n) is 4.42. The molecule has 2 N–H and O–H groups in total. The lowest BCUT2D eigenvalue weighted by Gasteiger charge is -2.07. The van der Waals surface area contributed by atoms with Crippen molar-refractivity contribution in [3.8, 4) is 6.07 Å². The van der Waals surface area contributed by atoms with E-state index in [0.29, 0.717) is 5.56 Å². The van der Waals surface area contributed by atoms with Crippen molar-refractivity contribution < 1.29 is 14.0 Å². The van der Waals surface area contributed by atoms with E-state index in [1.807, 2.05) is 6.07 Å². The van der Waals surface area contributed by atoms with Gasteiger partial charge in [-0.1, -0.05) is 24.3 Å². The minimum atomic E-state index is -0.871. The van der Waals surface area contributed by atoms with E-state index < -0.39 is 11.8 Å². The Morgan fingerprint density at radius 1 is 1.05 bits per heavy atom. The Labute approximate surface area is 126 Å². The van der Waals surface area contributed by atoms with E-state index in [9.17, 15) is 14.0 Å². The molecule has 110 valence electrons. The van der Waals surface area contributed by atoms with Gasteiger partial charge >= 0.3 is 11.8 Å². The average Bonchev–Trinajstić information content (AvgIpc) is 2.54. The molecule has 2 amide bonds. The second kappa shape index (κ2) is 6.99. The molecule has 22 heavy (non-hydrogen) atoms. The molecule has 2 rings (SSSR count). The van der Waals surface area contributed by atoms with E-state index >= 15 is 0 Å². The van der Waals surface area contributed by atoms with Gasteiger partial charge in [-0.2, -0.15) is 5.26 Å². The molecule has 0 bridgehead atoms. The van der Waals surface area contributed by atoms with Crippen LogP contribution >= 0.6 is 0 Å². The van der Waals surface area contributed by atoms with E-state index in [-0.39, 0.29) is 23.6 Å². The van der Waals surface area contributed by atoms with E-state index in [2.05, 4.69) is 10.6 Å². The van der Waals surface area contributed by atoms with Crippen molar-refractivity contribution >= 4 is 17.5 Å². The molecule has 5 nitrogen and oxygen atoms in total. The maximum atomic E-state index is 12.7. The maximum Gasteiger partial charge on any atom is 0.313 e. The number of carbonyl (C=O) groups excluding carboxylic acids is 2. The van der Waals surface area contributed by atoms with Crippen LogP contribution in [-0.4, -0.2) is 11.8 Å². The third kappa shape index (κ3) is 3.90. The fourth-order valence-electron chi connectivity index (χ4n) is 1.73. The number of hydrogen-bond acceptors (Lipinski definition) is 3. The summed E-state index contributed by atoms with van der Waals surface area (Å²) in [7, 11) is 0. The summed E-state index contributed by atoms with van der Waals surface area (Å²) in [6.07, 6.45) is 0. The molecule has 0 saturated heterocycles. The molecule has 0 aliphatic carbocycles. The molecule has 0 radical (unpaired) electrons. The average molecular weight is 297 g/mol. The number of rotatable bonds is 3. The van der Waals surface area contributed by atoms with Crippen LogP contribution in [0.4, 0.5) is 10.1 Å². The van der Waals surface area contributed by atoms with Crippen LogP contribution in [0, 0.1) is 17.1 Å². The molecule has 0 saturated carbocycles. The van der Waals surface area contributed by atoms with Crippen molar-refractivity contribution in [1.82, 2.24) is 5.32 Å². The van der Waals surface area contributed by atoms with Crippen LogP contribution in [0.2, 0.25) is 0 Å². The van der Waals surface area contributed by atoms with Crippen molar-refractivity contribution in [1.29, 1.82) is 5.26 Å². The number of benzene rings is 2. The molecule has 0 aliphatic rings. The van der Waals surface area contributed by atoms with Gasteiger partial charge in [0.25, 0.3) is 0 Å². The number of halogens is 1. The molecule has 2 aromatic carbocycles. The van der Waals surface area contributed by atoms with Crippen molar-refractivity contribution in [3.63, 3.8) is 0 Å². The van der Waals surface area contributed by atoms with Crippen LogP contribution in [0.3, 0.4) is 0 Å². The molecule has 0 aliphatic heterocycles. The van der Waals surface area contributed by atoms with Gasteiger partial charge in [-0.05, 0) is 29.8 Å². The maximum absolute atomic E-state index is 12.7. The highest BCUT2D eigenvalue weighted by Crippen LogP contribution is 2.13. The monoisotopic (exact) mass is 297 g/mol. The van der Waals surface area contributed by atoms with Crippen LogP contribution in [0.25, 0.3) is 0 Å². The SMILES string of the molecule is N#Cc1ccccc1NC(=O)C(=O)NCc1ccc(F)cc1. The van der Waals surface area contributed by atoms with Gasteiger partial charge in [-0.3, -0.25) is 9.59 Å². The van der Waals surface area contributed by atoms with Gasteiger partial charge in [0, 0.05) is 6.54 Å². The number of nitriles is 1. The van der Waals surface area contributed by atoms with Crippen molar-refractivity contribution in [3.05, 3.63) is 65.5 Å². The van der Waals surface area contributed by atoms with Gasteiger partial charge in [0.05, 0.1) is 11.3 Å². The topological polar surface area (TPSA) is 82.0 Å². The Hall–Kier alpha value is -3.20. The third-order valence-electron chi connectivity index (χ3n) is 2.87. The number of para-hydroxylation sites is 1. The first-order valence-corrected chi connectivity index (χ1v) is 6.43. The highest BCUT2D eigenvalue weighted by atomic mass is 19.1. The Balaban J connectivity index is 1.94. The summed E-state index contributed by atoms with van der Waals surface area (Å²) in [5, 5.41) is 13.7. The lowest BCUT2D eigenvalue weighted by atomic mass is 10.2. The zero-order valence-electron chi connectivity index (χ0n) is 11.5. The van der Waals surface area contributed by atoms with Crippen molar-refractivity contribution in [2.75, 3.05) is 5.32 Å². The molecule has 2 aromatic rings. The van der Waals surface area contributed by atoms with Gasteiger partial charge in [0.2, 0.25) is 0 Å². The first-order valence-electron chi connectivity index (χ1n) is 6.43. The molecule has 0 atom stereocenters. The first-order chi connectivity index (χ1) is 10.6. The van der Waals surface area contributed by atoms with Crippen molar-refractivity contribution in [2.45, 2.75) is 6.54 Å². The minimum absolute atomic E-state index is 0.104. The summed E-state index contributed by atoms with van der Waals surface area (Å²) in [5.41, 5.74) is 1.20. The van der Waals surface area contributed by atoms with E-state index in [1.165, 1.54) is 36.4 Å². The number of anilines is 1. The summed E-state index contributed by atoms with van der Waals surface area (Å²) < 4.78 is 12.7. The lowest BCUT2D eigenvalue weighted by Crippen LogP contribution is -2.35. The second-order valence-corrected chi connectivity index (χ2v) is 4.42. The van der Waals surface area contributed by atoms with Crippen LogP contribution in [-0.2, 0) is 16.1 Å². The normalized spacial score (nSPS) is 9.64. The van der Waals surface area contributed by atoms with Gasteiger partial charge in [0.1, 0.15) is 11.9 Å². The van der Waals surface area contributed by atoms with Crippen LogP contribution in [0.15, 0.2) is 48.5 Å².